The van der Waals surface area contributed by atoms with Crippen molar-refractivity contribution in [2.75, 3.05) is 18.1 Å². The lowest BCUT2D eigenvalue weighted by Gasteiger charge is -2.37. The second-order valence-corrected chi connectivity index (χ2v) is 8.66. The van der Waals surface area contributed by atoms with E-state index in [0.717, 1.165) is 4.47 Å². The molecule has 2 N–H and O–H groups in total. The second kappa shape index (κ2) is 8.16. The molecule has 0 saturated carbocycles. The molecule has 2 aromatic rings. The van der Waals surface area contributed by atoms with Crippen molar-refractivity contribution in [1.29, 1.82) is 0 Å². The molecule has 3 heterocycles. The molecule has 2 atom stereocenters. The molecule has 0 radical (unpaired) electrons. The van der Waals surface area contributed by atoms with Crippen LogP contribution in [0.4, 0.5) is 5.69 Å². The molecule has 29 heavy (non-hydrogen) atoms. The van der Waals surface area contributed by atoms with Crippen LogP contribution in [0.2, 0.25) is 0 Å². The van der Waals surface area contributed by atoms with Crippen molar-refractivity contribution in [2.45, 2.75) is 30.0 Å². The van der Waals surface area contributed by atoms with Crippen LogP contribution in [0.25, 0.3) is 0 Å². The normalized spacial score (nSPS) is 21.0. The Morgan fingerprint density at radius 1 is 1.34 bits per heavy atom. The van der Waals surface area contributed by atoms with E-state index < -0.39 is 6.04 Å². The van der Waals surface area contributed by atoms with Crippen LogP contribution in [0.3, 0.4) is 0 Å². The fraction of sp³-hybridized carbons (Fsp3) is 0.300. The van der Waals surface area contributed by atoms with Gasteiger partial charge in [-0.2, -0.15) is 0 Å². The van der Waals surface area contributed by atoms with Gasteiger partial charge in [-0.05, 0) is 49.4 Å². The maximum Gasteiger partial charge on any atom is 0.256 e. The molecule has 1 saturated heterocycles. The largest absolute Gasteiger partial charge is 0.349 e. The number of nitrogens with zero attached hydrogens (tertiary/aromatic N) is 2. The van der Waals surface area contributed by atoms with Crippen LogP contribution >= 0.6 is 27.7 Å². The molecule has 3 amide bonds. The Kier molecular flexibility index (Phi) is 5.60. The Labute approximate surface area is 180 Å². The average Bonchev–Trinajstić information content (AvgIpc) is 2.83. The van der Waals surface area contributed by atoms with Gasteiger partial charge in [0.1, 0.15) is 11.1 Å². The minimum absolute atomic E-state index is 0.175. The highest BCUT2D eigenvalue weighted by molar-refractivity contribution is 9.10. The van der Waals surface area contributed by atoms with Crippen LogP contribution in [0.5, 0.6) is 0 Å². The lowest BCUT2D eigenvalue weighted by Crippen LogP contribution is -2.55. The third-order valence-corrected chi connectivity index (χ3v) is 6.39. The van der Waals surface area contributed by atoms with Gasteiger partial charge in [-0.25, -0.2) is 4.98 Å². The van der Waals surface area contributed by atoms with E-state index in [-0.39, 0.29) is 23.8 Å². The molecule has 7 nitrogen and oxygen atoms in total. The van der Waals surface area contributed by atoms with E-state index in [1.165, 1.54) is 11.8 Å². The third kappa shape index (κ3) is 3.89. The first-order valence-corrected chi connectivity index (χ1v) is 11.2. The van der Waals surface area contributed by atoms with E-state index in [0.29, 0.717) is 41.2 Å². The van der Waals surface area contributed by atoms with E-state index in [4.69, 9.17) is 0 Å². The Morgan fingerprint density at radius 2 is 2.17 bits per heavy atom. The Hall–Kier alpha value is -2.39. The number of carbonyl (C=O) groups is 3. The van der Waals surface area contributed by atoms with Gasteiger partial charge in [-0.3, -0.25) is 14.4 Å². The minimum atomic E-state index is -0.623. The molecule has 1 fully saturated rings. The maximum absolute atomic E-state index is 13.0. The highest BCUT2D eigenvalue weighted by atomic mass is 79.9. The van der Waals surface area contributed by atoms with E-state index in [1.54, 1.807) is 41.4 Å². The van der Waals surface area contributed by atoms with Gasteiger partial charge in [0.05, 0.1) is 16.8 Å². The Bertz CT molecular complexity index is 999. The zero-order valence-corrected chi connectivity index (χ0v) is 18.0. The van der Waals surface area contributed by atoms with Crippen molar-refractivity contribution in [3.05, 3.63) is 52.1 Å². The van der Waals surface area contributed by atoms with Crippen molar-refractivity contribution in [3.63, 3.8) is 0 Å². The summed E-state index contributed by atoms with van der Waals surface area (Å²) in [6, 6.07) is 7.87. The number of nitrogens with one attached hydrogen (secondary N) is 2. The van der Waals surface area contributed by atoms with Gasteiger partial charge >= 0.3 is 0 Å². The number of piperidine rings is 1. The monoisotopic (exact) mass is 474 g/mol. The zero-order chi connectivity index (χ0) is 20.5. The summed E-state index contributed by atoms with van der Waals surface area (Å²) in [5, 5.41) is 6.52. The number of hydrogen-bond donors (Lipinski definition) is 2. The van der Waals surface area contributed by atoms with Gasteiger partial charge in [0.25, 0.3) is 11.8 Å². The smallest absolute Gasteiger partial charge is 0.256 e. The fourth-order valence-corrected chi connectivity index (χ4v) is 4.66. The summed E-state index contributed by atoms with van der Waals surface area (Å²) < 4.78 is 0.778. The predicted octanol–water partition coefficient (Wildman–Crippen LogP) is 2.92. The van der Waals surface area contributed by atoms with Crippen LogP contribution < -0.4 is 10.6 Å². The number of anilines is 1. The van der Waals surface area contributed by atoms with Crippen molar-refractivity contribution < 1.29 is 14.4 Å². The van der Waals surface area contributed by atoms with Gasteiger partial charge in [-0.15, -0.1) is 11.8 Å². The molecular weight excluding hydrogens is 456 g/mol. The summed E-state index contributed by atoms with van der Waals surface area (Å²) in [4.78, 5) is 44.4. The number of thioether (sulfide) groups is 1. The first kappa shape index (κ1) is 19.9. The van der Waals surface area contributed by atoms with Crippen LogP contribution in [0.1, 0.15) is 33.6 Å². The van der Waals surface area contributed by atoms with Crippen LogP contribution in [0, 0.1) is 0 Å². The van der Waals surface area contributed by atoms with Crippen LogP contribution in [-0.4, -0.2) is 52.5 Å². The summed E-state index contributed by atoms with van der Waals surface area (Å²) in [5.41, 5.74) is 1.50. The summed E-state index contributed by atoms with van der Waals surface area (Å²) in [6.07, 6.45) is 4.47. The van der Waals surface area contributed by atoms with Crippen LogP contribution in [-0.2, 0) is 4.79 Å². The lowest BCUT2D eigenvalue weighted by atomic mass is 9.96. The molecule has 1 aromatic heterocycles. The Morgan fingerprint density at radius 3 is 2.97 bits per heavy atom. The number of carbonyl (C=O) groups excluding carboxylic acids is 3. The first-order chi connectivity index (χ1) is 14.0. The van der Waals surface area contributed by atoms with E-state index in [2.05, 4.69) is 31.5 Å². The highest BCUT2D eigenvalue weighted by Crippen LogP contribution is 2.30. The molecular formula is C20H19BrN4O3S. The third-order valence-electron chi connectivity index (χ3n) is 5.18. The van der Waals surface area contributed by atoms with Gasteiger partial charge in [0.2, 0.25) is 5.91 Å². The van der Waals surface area contributed by atoms with Crippen molar-refractivity contribution in [2.24, 2.45) is 0 Å². The average molecular weight is 475 g/mol. The molecule has 2 aliphatic rings. The van der Waals surface area contributed by atoms with Gasteiger partial charge in [-0.1, -0.05) is 15.9 Å². The molecule has 1 aromatic carbocycles. The summed E-state index contributed by atoms with van der Waals surface area (Å²) in [7, 11) is 0. The zero-order valence-electron chi connectivity index (χ0n) is 15.6. The number of hydrogen-bond acceptors (Lipinski definition) is 5. The topological polar surface area (TPSA) is 91.4 Å². The molecule has 0 unspecified atom stereocenters. The molecule has 0 spiro atoms. The summed E-state index contributed by atoms with van der Waals surface area (Å²) in [6.45, 7) is 0.399. The molecule has 0 bridgehead atoms. The molecule has 2 aliphatic heterocycles. The number of rotatable bonds is 3. The predicted molar refractivity (Wildman–Crippen MR) is 114 cm³/mol. The van der Waals surface area contributed by atoms with Crippen LogP contribution in [0.15, 0.2) is 46.0 Å². The molecule has 4 rings (SSSR count). The molecule has 150 valence electrons. The SMILES string of the molecule is CSc1ncccc1C(=O)N[C@@H]1CCN2C(=O)c3cc(Br)ccc3NC(=O)[C@@H]2C1. The number of halogens is 1. The second-order valence-electron chi connectivity index (χ2n) is 6.95. The number of fused-ring (bicyclic) bond motifs is 2. The first-order valence-electron chi connectivity index (χ1n) is 9.19. The maximum atomic E-state index is 13.0. The summed E-state index contributed by atoms with van der Waals surface area (Å²) >= 11 is 4.79. The van der Waals surface area contributed by atoms with Crippen molar-refractivity contribution in [1.82, 2.24) is 15.2 Å². The minimum Gasteiger partial charge on any atom is -0.349 e. The van der Waals surface area contributed by atoms with E-state index in [9.17, 15) is 14.4 Å². The standard InChI is InChI=1S/C20H19BrN4O3S/c1-29-19-13(3-2-7-22-19)17(26)23-12-6-8-25-16(10-12)18(27)24-15-5-4-11(21)9-14(15)20(25)28/h2-5,7,9,12,16H,6,8,10H2,1H3,(H,23,26)(H,24,27)/t12-,16+/m1/s1. The van der Waals surface area contributed by atoms with Crippen molar-refractivity contribution in [3.8, 4) is 0 Å². The number of pyridine rings is 1. The van der Waals surface area contributed by atoms with Crippen molar-refractivity contribution >= 4 is 51.1 Å². The quantitative estimate of drug-likeness (QED) is 0.667. The number of aromatic nitrogens is 1. The fourth-order valence-electron chi connectivity index (χ4n) is 3.75. The number of amides is 3. The van der Waals surface area contributed by atoms with E-state index >= 15 is 0 Å². The summed E-state index contributed by atoms with van der Waals surface area (Å²) in [5.74, 6) is -0.621. The molecule has 0 aliphatic carbocycles. The highest BCUT2D eigenvalue weighted by Gasteiger charge is 2.40. The number of benzene rings is 1. The van der Waals surface area contributed by atoms with Gasteiger partial charge < -0.3 is 15.5 Å². The molecule has 9 heteroatoms. The van der Waals surface area contributed by atoms with Gasteiger partial charge in [0, 0.05) is 23.3 Å². The van der Waals surface area contributed by atoms with Gasteiger partial charge in [0.15, 0.2) is 0 Å². The lowest BCUT2D eigenvalue weighted by molar-refractivity contribution is -0.121. The Balaban J connectivity index is 1.52. The van der Waals surface area contributed by atoms with E-state index in [1.807, 2.05) is 6.26 Å².